The maximum Gasteiger partial charge on any atom is 0.144 e. The predicted molar refractivity (Wildman–Crippen MR) is 234 cm³/mol. The number of benzene rings is 6. The van der Waals surface area contributed by atoms with Gasteiger partial charge in [0.2, 0.25) is 0 Å². The first-order valence-electron chi connectivity index (χ1n) is 19.5. The highest BCUT2D eigenvalue weighted by molar-refractivity contribution is 5.96. The van der Waals surface area contributed by atoms with Crippen LogP contribution in [0.3, 0.4) is 0 Å². The molecule has 0 amide bonds. The number of rotatable bonds is 7. The summed E-state index contributed by atoms with van der Waals surface area (Å²) in [6.07, 6.45) is 2.79. The minimum atomic E-state index is -0.252. The van der Waals surface area contributed by atoms with Gasteiger partial charge in [-0.05, 0) is 104 Å². The second kappa shape index (κ2) is 14.4. The van der Waals surface area contributed by atoms with Crippen LogP contribution in [-0.4, -0.2) is 19.6 Å². The van der Waals surface area contributed by atoms with E-state index in [1.54, 1.807) is 0 Å². The van der Waals surface area contributed by atoms with E-state index in [2.05, 4.69) is 186 Å². The van der Waals surface area contributed by atoms with Crippen molar-refractivity contribution < 1.29 is 5.11 Å². The maximum atomic E-state index is 11.9. The van der Waals surface area contributed by atoms with Gasteiger partial charge in [-0.25, -0.2) is 4.98 Å². The minimum absolute atomic E-state index is 0.110. The Labute approximate surface area is 331 Å². The number of aryl methyl sites for hydroxylation is 1. The molecule has 0 unspecified atom stereocenters. The lowest BCUT2D eigenvalue weighted by Gasteiger charge is -2.27. The molecular formula is C52H49N3O. The zero-order chi connectivity index (χ0) is 39.2. The smallest absolute Gasteiger partial charge is 0.144 e. The first-order chi connectivity index (χ1) is 26.8. The third kappa shape index (κ3) is 7.27. The minimum Gasteiger partial charge on any atom is -0.507 e. The zero-order valence-electron chi connectivity index (χ0n) is 33.4. The van der Waals surface area contributed by atoms with Crippen LogP contribution >= 0.6 is 0 Å². The number of para-hydroxylation sites is 1. The van der Waals surface area contributed by atoms with Gasteiger partial charge in [-0.3, -0.25) is 4.98 Å². The first-order valence-corrected chi connectivity index (χ1v) is 19.5. The van der Waals surface area contributed by atoms with Crippen molar-refractivity contribution in [1.82, 2.24) is 14.5 Å². The molecular weight excluding hydrogens is 683 g/mol. The van der Waals surface area contributed by atoms with Gasteiger partial charge in [-0.15, -0.1) is 0 Å². The van der Waals surface area contributed by atoms with Gasteiger partial charge < -0.3 is 9.67 Å². The maximum absolute atomic E-state index is 11.9. The Hall–Kier alpha value is -6.26. The largest absolute Gasteiger partial charge is 0.507 e. The second-order valence-corrected chi connectivity index (χ2v) is 17.0. The monoisotopic (exact) mass is 731 g/mol. The molecule has 8 aromatic rings. The van der Waals surface area contributed by atoms with Crippen molar-refractivity contribution in [3.05, 3.63) is 174 Å². The highest BCUT2D eigenvalue weighted by Crippen LogP contribution is 2.44. The normalized spacial score (nSPS) is 12.0. The standard InChI is InChI=1S/C52H49N3O/c1-51(2,3)42-32-44(49(56)45(33-42)52(4,5)6)50-54-48-43(19-14-20-47(48)55(50)7)40-28-39(37-23-21-35(22-24-37)27-34-15-10-8-11-16-34)29-41(30-40)46-31-38(25-26-53-46)36-17-12-9-13-18-36/h8-26,28-33,56H,27H2,1-7H3. The summed E-state index contributed by atoms with van der Waals surface area (Å²) in [5, 5.41) is 11.9. The van der Waals surface area contributed by atoms with Crippen LogP contribution in [0.1, 0.15) is 63.8 Å². The molecule has 0 aliphatic carbocycles. The van der Waals surface area contributed by atoms with Gasteiger partial charge in [-0.1, -0.05) is 145 Å². The molecule has 0 bridgehead atoms. The van der Waals surface area contributed by atoms with Crippen LogP contribution in [0, 0.1) is 0 Å². The molecule has 278 valence electrons. The third-order valence-electron chi connectivity index (χ3n) is 10.9. The van der Waals surface area contributed by atoms with Crippen LogP contribution in [0.25, 0.3) is 67.1 Å². The molecule has 6 aromatic carbocycles. The van der Waals surface area contributed by atoms with E-state index in [0.29, 0.717) is 0 Å². The van der Waals surface area contributed by atoms with Crippen LogP contribution in [0.2, 0.25) is 0 Å². The molecule has 1 N–H and O–H groups in total. The molecule has 0 fully saturated rings. The van der Waals surface area contributed by atoms with Crippen LogP contribution in [-0.2, 0) is 24.3 Å². The third-order valence-corrected chi connectivity index (χ3v) is 10.9. The Kier molecular flexibility index (Phi) is 9.46. The van der Waals surface area contributed by atoms with Crippen LogP contribution in [0.4, 0.5) is 0 Å². The average molecular weight is 732 g/mol. The Morgan fingerprint density at radius 2 is 1.18 bits per heavy atom. The van der Waals surface area contributed by atoms with Gasteiger partial charge in [0, 0.05) is 29.9 Å². The van der Waals surface area contributed by atoms with E-state index in [0.717, 1.165) is 79.0 Å². The van der Waals surface area contributed by atoms with Crippen molar-refractivity contribution in [2.24, 2.45) is 7.05 Å². The number of pyridine rings is 1. The Morgan fingerprint density at radius 1 is 0.536 bits per heavy atom. The topological polar surface area (TPSA) is 50.9 Å². The van der Waals surface area contributed by atoms with Gasteiger partial charge >= 0.3 is 0 Å². The van der Waals surface area contributed by atoms with E-state index in [-0.39, 0.29) is 16.6 Å². The van der Waals surface area contributed by atoms with E-state index in [1.165, 1.54) is 16.7 Å². The van der Waals surface area contributed by atoms with Gasteiger partial charge in [-0.2, -0.15) is 0 Å². The Morgan fingerprint density at radius 3 is 1.88 bits per heavy atom. The van der Waals surface area contributed by atoms with Crippen molar-refractivity contribution in [2.75, 3.05) is 0 Å². The predicted octanol–water partition coefficient (Wildman–Crippen LogP) is 13.2. The second-order valence-electron chi connectivity index (χ2n) is 17.0. The van der Waals surface area contributed by atoms with Crippen LogP contribution in [0.15, 0.2) is 152 Å². The Bertz CT molecular complexity index is 2680. The van der Waals surface area contributed by atoms with Gasteiger partial charge in [0.25, 0.3) is 0 Å². The lowest BCUT2D eigenvalue weighted by molar-refractivity contribution is 0.446. The number of nitrogens with zero attached hydrogens (tertiary/aromatic N) is 3. The number of hydrogen-bond acceptors (Lipinski definition) is 3. The zero-order valence-corrected chi connectivity index (χ0v) is 33.4. The average Bonchev–Trinajstić information content (AvgIpc) is 3.53. The number of phenolic OH excluding ortho intramolecular Hbond substituents is 1. The number of phenols is 1. The molecule has 0 radical (unpaired) electrons. The van der Waals surface area contributed by atoms with Crippen LogP contribution in [0.5, 0.6) is 5.75 Å². The first kappa shape index (κ1) is 36.7. The molecule has 0 saturated heterocycles. The molecule has 2 aromatic heterocycles. The van der Waals surface area contributed by atoms with E-state index in [4.69, 9.17) is 9.97 Å². The summed E-state index contributed by atoms with van der Waals surface area (Å²) >= 11 is 0. The molecule has 0 saturated carbocycles. The molecule has 56 heavy (non-hydrogen) atoms. The fraction of sp³-hybridized carbons (Fsp3) is 0.192. The van der Waals surface area contributed by atoms with E-state index in [1.807, 2.05) is 19.3 Å². The molecule has 4 nitrogen and oxygen atoms in total. The molecule has 0 atom stereocenters. The lowest BCUT2D eigenvalue weighted by Crippen LogP contribution is -2.17. The van der Waals surface area contributed by atoms with Crippen LogP contribution < -0.4 is 0 Å². The molecule has 0 spiro atoms. The summed E-state index contributed by atoms with van der Waals surface area (Å²) < 4.78 is 2.12. The van der Waals surface area contributed by atoms with E-state index >= 15 is 0 Å². The highest BCUT2D eigenvalue weighted by atomic mass is 16.3. The summed E-state index contributed by atoms with van der Waals surface area (Å²) in [4.78, 5) is 10.3. The molecule has 2 heterocycles. The summed E-state index contributed by atoms with van der Waals surface area (Å²) in [6.45, 7) is 13.1. The number of fused-ring (bicyclic) bond motifs is 1. The van der Waals surface area contributed by atoms with Gasteiger partial charge in [0.1, 0.15) is 11.6 Å². The molecule has 8 rings (SSSR count). The number of imidazole rings is 1. The van der Waals surface area contributed by atoms with E-state index in [9.17, 15) is 5.11 Å². The van der Waals surface area contributed by atoms with Crippen molar-refractivity contribution in [2.45, 2.75) is 58.8 Å². The highest BCUT2D eigenvalue weighted by Gasteiger charge is 2.27. The summed E-state index contributed by atoms with van der Waals surface area (Å²) in [6, 6.07) is 51.7. The fourth-order valence-electron chi connectivity index (χ4n) is 7.64. The quantitative estimate of drug-likeness (QED) is 0.178. The number of aromatic nitrogens is 3. The van der Waals surface area contributed by atoms with Crippen molar-refractivity contribution in [1.29, 1.82) is 0 Å². The molecule has 0 aliphatic rings. The Balaban J connectivity index is 1.29. The fourth-order valence-corrected chi connectivity index (χ4v) is 7.64. The summed E-state index contributed by atoms with van der Waals surface area (Å²) in [5.41, 5.74) is 15.4. The SMILES string of the molecule is Cn1c(-c2cc(C(C)(C)C)cc(C(C)(C)C)c2O)nc2c(-c3cc(-c4ccc(Cc5ccccc5)cc4)cc(-c4cc(-c5ccccc5)ccn4)c3)cccc21. The van der Waals surface area contributed by atoms with Gasteiger partial charge in [0.05, 0.1) is 22.3 Å². The van der Waals surface area contributed by atoms with Crippen molar-refractivity contribution in [3.63, 3.8) is 0 Å². The summed E-state index contributed by atoms with van der Waals surface area (Å²) in [7, 11) is 2.05. The van der Waals surface area contributed by atoms with E-state index < -0.39 is 0 Å². The van der Waals surface area contributed by atoms with Crippen molar-refractivity contribution in [3.8, 4) is 61.8 Å². The number of hydrogen-bond donors (Lipinski definition) is 1. The van der Waals surface area contributed by atoms with Gasteiger partial charge in [0.15, 0.2) is 0 Å². The molecule has 0 aliphatic heterocycles. The molecule has 4 heteroatoms. The van der Waals surface area contributed by atoms with Crippen molar-refractivity contribution >= 4 is 11.0 Å². The summed E-state index contributed by atoms with van der Waals surface area (Å²) in [5.74, 6) is 1.03. The number of aromatic hydroxyl groups is 1. The lowest BCUT2D eigenvalue weighted by atomic mass is 9.79.